The molecule has 0 bridgehead atoms. The van der Waals surface area contributed by atoms with E-state index in [0.29, 0.717) is 34.4 Å². The van der Waals surface area contributed by atoms with Gasteiger partial charge in [0.15, 0.2) is 5.82 Å². The molecule has 1 fully saturated rings. The zero-order valence-corrected chi connectivity index (χ0v) is 17.4. The van der Waals surface area contributed by atoms with Gasteiger partial charge in [-0.05, 0) is 19.2 Å². The van der Waals surface area contributed by atoms with Crippen LogP contribution in [0, 0.1) is 6.92 Å². The summed E-state index contributed by atoms with van der Waals surface area (Å²) in [6.07, 6.45) is 8.01. The van der Waals surface area contributed by atoms with Crippen molar-refractivity contribution in [1.82, 2.24) is 24.7 Å². The van der Waals surface area contributed by atoms with Gasteiger partial charge in [-0.1, -0.05) is 0 Å². The summed E-state index contributed by atoms with van der Waals surface area (Å²) in [5.74, 6) is 0.868. The maximum absolute atomic E-state index is 13.0. The number of carbonyl (C=O) groups is 1. The van der Waals surface area contributed by atoms with Crippen LogP contribution in [0.1, 0.15) is 21.6 Å². The van der Waals surface area contributed by atoms with E-state index >= 15 is 0 Å². The number of hydrogen-bond donors (Lipinski definition) is 4. The van der Waals surface area contributed by atoms with E-state index in [2.05, 4.69) is 30.5 Å². The number of aromatic nitrogens is 4. The number of carbonyl (C=O) groups excluding carboxylic acids is 1. The second-order valence-corrected chi connectivity index (χ2v) is 7.12. The Bertz CT molecular complexity index is 1150. The van der Waals surface area contributed by atoms with Gasteiger partial charge >= 0.3 is 0 Å². The molecule has 1 aliphatic heterocycles. The number of ether oxygens (including phenoxy) is 1. The van der Waals surface area contributed by atoms with Crippen LogP contribution in [-0.4, -0.2) is 58.5 Å². The fourth-order valence-electron chi connectivity index (χ4n) is 3.57. The van der Waals surface area contributed by atoms with E-state index in [9.17, 15) is 4.79 Å². The Morgan fingerprint density at radius 1 is 1.29 bits per heavy atom. The molecule has 0 aliphatic carbocycles. The van der Waals surface area contributed by atoms with Gasteiger partial charge in [-0.3, -0.25) is 9.20 Å². The first kappa shape index (κ1) is 20.4. The molecule has 11 nitrogen and oxygen atoms in total. The lowest BCUT2D eigenvalue weighted by Gasteiger charge is -2.30. The second-order valence-electron chi connectivity index (χ2n) is 7.12. The molecule has 1 saturated heterocycles. The number of rotatable bonds is 5. The molecule has 3 aromatic rings. The van der Waals surface area contributed by atoms with Crippen LogP contribution in [0.25, 0.3) is 11.7 Å². The molecule has 0 atom stereocenters. The lowest BCUT2D eigenvalue weighted by atomic mass is 10.1. The number of nitrogen functional groups attached to an aromatic ring is 1. The van der Waals surface area contributed by atoms with Crippen LogP contribution < -0.4 is 31.7 Å². The molecule has 6 N–H and O–H groups in total. The van der Waals surface area contributed by atoms with E-state index in [0.717, 1.165) is 31.9 Å². The Morgan fingerprint density at radius 2 is 2.06 bits per heavy atom. The zero-order valence-electron chi connectivity index (χ0n) is 17.4. The summed E-state index contributed by atoms with van der Waals surface area (Å²) in [6, 6.07) is 0. The summed E-state index contributed by atoms with van der Waals surface area (Å²) in [6.45, 7) is 5.14. The number of pyridine rings is 1. The van der Waals surface area contributed by atoms with Crippen molar-refractivity contribution in [2.75, 3.05) is 49.2 Å². The lowest BCUT2D eigenvalue weighted by Crippen LogP contribution is -2.44. The molecule has 0 spiro atoms. The smallest absolute Gasteiger partial charge is 0.260 e. The Morgan fingerprint density at radius 3 is 2.77 bits per heavy atom. The number of methoxy groups -OCH3 is 1. The van der Waals surface area contributed by atoms with Gasteiger partial charge in [0.25, 0.3) is 11.8 Å². The summed E-state index contributed by atoms with van der Waals surface area (Å²) in [5, 5.41) is 6.07. The zero-order chi connectivity index (χ0) is 22.0. The average molecular weight is 423 g/mol. The van der Waals surface area contributed by atoms with Gasteiger partial charge in [-0.25, -0.2) is 9.97 Å². The summed E-state index contributed by atoms with van der Waals surface area (Å²) in [7, 11) is 1.50. The number of nitrogens with two attached hydrogens (primary N) is 2. The van der Waals surface area contributed by atoms with Crippen molar-refractivity contribution in [2.45, 2.75) is 6.92 Å². The Kier molecular flexibility index (Phi) is 5.58. The number of nitrogens with zero attached hydrogens (tertiary/aromatic N) is 5. The molecule has 3 aromatic heterocycles. The molecule has 0 aromatic carbocycles. The molecular weight excluding hydrogens is 398 g/mol. The fourth-order valence-corrected chi connectivity index (χ4v) is 3.57. The number of hydrogen-bond acceptors (Lipinski definition) is 9. The van der Waals surface area contributed by atoms with Crippen LogP contribution in [0.5, 0.6) is 5.88 Å². The van der Waals surface area contributed by atoms with Crippen molar-refractivity contribution in [3.05, 3.63) is 41.6 Å². The number of nitrogens with one attached hydrogen (secondary N) is 2. The predicted molar refractivity (Wildman–Crippen MR) is 119 cm³/mol. The van der Waals surface area contributed by atoms with Crippen LogP contribution in [0.4, 0.5) is 17.3 Å². The van der Waals surface area contributed by atoms with Gasteiger partial charge in [-0.2, -0.15) is 4.98 Å². The lowest BCUT2D eigenvalue weighted by molar-refractivity contribution is 0.102. The summed E-state index contributed by atoms with van der Waals surface area (Å²) >= 11 is 0. The van der Waals surface area contributed by atoms with Gasteiger partial charge in [0.1, 0.15) is 5.82 Å². The summed E-state index contributed by atoms with van der Waals surface area (Å²) < 4.78 is 7.05. The number of piperazine rings is 1. The SMILES string of the molecule is COc1nc(NC(=O)c2cnc(N3CCNCC3)c(/C=C\N)c2N)cn2cc(C)nc12. The maximum Gasteiger partial charge on any atom is 0.260 e. The van der Waals surface area contributed by atoms with Crippen LogP contribution >= 0.6 is 0 Å². The number of fused-ring (bicyclic) bond motifs is 1. The fraction of sp³-hybridized carbons (Fsp3) is 0.300. The largest absolute Gasteiger partial charge is 0.478 e. The molecule has 0 unspecified atom stereocenters. The van der Waals surface area contributed by atoms with Crippen molar-refractivity contribution >= 4 is 35.0 Å². The molecule has 0 saturated carbocycles. The minimum atomic E-state index is -0.436. The third-order valence-corrected chi connectivity index (χ3v) is 5.02. The average Bonchev–Trinajstić information content (AvgIpc) is 3.15. The van der Waals surface area contributed by atoms with Crippen molar-refractivity contribution in [3.8, 4) is 5.88 Å². The number of amides is 1. The molecule has 31 heavy (non-hydrogen) atoms. The molecule has 1 amide bonds. The number of imidazole rings is 1. The normalized spacial score (nSPS) is 14.3. The molecule has 0 radical (unpaired) electrons. The third kappa shape index (κ3) is 3.94. The maximum atomic E-state index is 13.0. The molecule has 1 aliphatic rings. The number of aryl methyl sites for hydroxylation is 1. The standard InChI is InChI=1S/C20H25N9O2/c1-12-10-29-11-15(27-20(31-2)18(29)25-12)26-19(30)14-9-24-17(13(3-4-21)16(14)22)28-7-5-23-6-8-28/h3-4,9-11,23H,5-8,21H2,1-2H3,(H2,22,24)(H,26,30)/b4-3-. The van der Waals surface area contributed by atoms with Gasteiger partial charge in [-0.15, -0.1) is 0 Å². The highest BCUT2D eigenvalue weighted by atomic mass is 16.5. The van der Waals surface area contributed by atoms with E-state index < -0.39 is 5.91 Å². The Balaban J connectivity index is 1.67. The van der Waals surface area contributed by atoms with Crippen molar-refractivity contribution in [1.29, 1.82) is 0 Å². The topological polar surface area (TPSA) is 149 Å². The summed E-state index contributed by atoms with van der Waals surface area (Å²) in [5.41, 5.74) is 14.5. The minimum Gasteiger partial charge on any atom is -0.478 e. The van der Waals surface area contributed by atoms with E-state index in [-0.39, 0.29) is 5.56 Å². The molecule has 4 rings (SSSR count). The van der Waals surface area contributed by atoms with Crippen molar-refractivity contribution in [3.63, 3.8) is 0 Å². The first-order chi connectivity index (χ1) is 15.0. The first-order valence-corrected chi connectivity index (χ1v) is 9.86. The molecular formula is C20H25N9O2. The molecule has 162 valence electrons. The van der Waals surface area contributed by atoms with Crippen LogP contribution in [0.15, 0.2) is 24.8 Å². The highest BCUT2D eigenvalue weighted by Gasteiger charge is 2.21. The van der Waals surface area contributed by atoms with Gasteiger partial charge in [0, 0.05) is 44.1 Å². The van der Waals surface area contributed by atoms with Crippen molar-refractivity contribution in [2.24, 2.45) is 5.73 Å². The van der Waals surface area contributed by atoms with Crippen LogP contribution in [-0.2, 0) is 0 Å². The van der Waals surface area contributed by atoms with E-state index in [1.165, 1.54) is 19.5 Å². The monoisotopic (exact) mass is 423 g/mol. The van der Waals surface area contributed by atoms with Crippen LogP contribution in [0.3, 0.4) is 0 Å². The highest BCUT2D eigenvalue weighted by Crippen LogP contribution is 2.29. The Hall–Kier alpha value is -3.86. The third-order valence-electron chi connectivity index (χ3n) is 5.02. The second kappa shape index (κ2) is 8.48. The van der Waals surface area contributed by atoms with E-state index in [1.807, 2.05) is 13.1 Å². The highest BCUT2D eigenvalue weighted by molar-refractivity contribution is 6.08. The van der Waals surface area contributed by atoms with E-state index in [4.69, 9.17) is 16.2 Å². The number of anilines is 3. The minimum absolute atomic E-state index is 0.231. The van der Waals surface area contributed by atoms with Gasteiger partial charge in [0.05, 0.1) is 30.3 Å². The van der Waals surface area contributed by atoms with E-state index in [1.54, 1.807) is 16.7 Å². The molecule has 4 heterocycles. The quantitative estimate of drug-likeness (QED) is 0.463. The summed E-state index contributed by atoms with van der Waals surface area (Å²) in [4.78, 5) is 28.3. The van der Waals surface area contributed by atoms with Gasteiger partial charge in [0.2, 0.25) is 5.65 Å². The van der Waals surface area contributed by atoms with Crippen molar-refractivity contribution < 1.29 is 9.53 Å². The first-order valence-electron chi connectivity index (χ1n) is 9.86. The van der Waals surface area contributed by atoms with Crippen LogP contribution in [0.2, 0.25) is 0 Å². The predicted octanol–water partition coefficient (Wildman–Crippen LogP) is 0.615. The van der Waals surface area contributed by atoms with Gasteiger partial charge < -0.3 is 31.7 Å². The molecule has 11 heteroatoms. The Labute approximate surface area is 179 Å².